The smallest absolute Gasteiger partial charge is 0.0230 e. The molecule has 0 N–H and O–H groups in total. The highest BCUT2D eigenvalue weighted by molar-refractivity contribution is 5.18. The Hall–Kier alpha value is 0. The van der Waals surface area contributed by atoms with E-state index in [0.717, 1.165) is 35.0 Å². The molecular weight excluding hydrogens is 240 g/mol. The highest BCUT2D eigenvalue weighted by atomic mass is 14.7. The van der Waals surface area contributed by atoms with E-state index in [0.29, 0.717) is 10.8 Å². The van der Waals surface area contributed by atoms with Crippen LogP contribution in [0, 0.1) is 45.8 Å². The van der Waals surface area contributed by atoms with Gasteiger partial charge in [0.25, 0.3) is 0 Å². The summed E-state index contributed by atoms with van der Waals surface area (Å²) in [6.45, 7) is 13.1. The summed E-state index contributed by atoms with van der Waals surface area (Å²) in [6, 6.07) is 0. The summed E-state index contributed by atoms with van der Waals surface area (Å²) in [4.78, 5) is 0. The molecule has 0 unspecified atom stereocenters. The molecule has 0 aromatic rings. The van der Waals surface area contributed by atoms with Crippen molar-refractivity contribution in [1.29, 1.82) is 0 Å². The van der Waals surface area contributed by atoms with Gasteiger partial charge in [-0.25, -0.2) is 0 Å². The van der Waals surface area contributed by atoms with Crippen LogP contribution < -0.4 is 0 Å². The zero-order valence-corrected chi connectivity index (χ0v) is 14.3. The molecule has 4 aliphatic rings. The van der Waals surface area contributed by atoms with Gasteiger partial charge in [-0.15, -0.1) is 0 Å². The van der Waals surface area contributed by atoms with E-state index in [1.165, 1.54) is 19.3 Å². The predicted octanol–water partition coefficient (Wildman–Crippen LogP) is 5.91. The third kappa shape index (κ3) is 1.40. The Morgan fingerprint density at radius 3 is 2.40 bits per heavy atom. The van der Waals surface area contributed by atoms with Crippen molar-refractivity contribution in [3.05, 3.63) is 0 Å². The molecule has 4 saturated carbocycles. The molecule has 0 saturated heterocycles. The van der Waals surface area contributed by atoms with E-state index in [2.05, 4.69) is 34.6 Å². The minimum Gasteiger partial charge on any atom is -0.0622 e. The minimum absolute atomic E-state index is 0.583. The number of hydrogen-bond acceptors (Lipinski definition) is 0. The lowest BCUT2D eigenvalue weighted by Crippen LogP contribution is -2.43. The summed E-state index contributed by atoms with van der Waals surface area (Å²) in [5, 5.41) is 0. The monoisotopic (exact) mass is 274 g/mol. The molecule has 0 aromatic heterocycles. The Balaban J connectivity index is 1.83. The van der Waals surface area contributed by atoms with Gasteiger partial charge in [-0.05, 0) is 84.4 Å². The SMILES string of the molecule is C[C@H]1C[C@]23C[C@H]1CC[C@H]2[C@]1(C)CCCC(C)(C)[C@H]1[C@@H]3C. The largest absolute Gasteiger partial charge is 0.0622 e. The average Bonchev–Trinajstić information content (AvgIpc) is 2.71. The van der Waals surface area contributed by atoms with Gasteiger partial charge >= 0.3 is 0 Å². The lowest BCUT2D eigenvalue weighted by Gasteiger charge is -2.51. The van der Waals surface area contributed by atoms with Gasteiger partial charge < -0.3 is 0 Å². The second kappa shape index (κ2) is 3.85. The van der Waals surface area contributed by atoms with Crippen LogP contribution >= 0.6 is 0 Å². The van der Waals surface area contributed by atoms with E-state index in [-0.39, 0.29) is 0 Å². The second-order valence-corrected chi connectivity index (χ2v) is 10.1. The van der Waals surface area contributed by atoms with Crippen LogP contribution in [0.4, 0.5) is 0 Å². The van der Waals surface area contributed by atoms with E-state index < -0.39 is 0 Å². The maximum Gasteiger partial charge on any atom is -0.0230 e. The van der Waals surface area contributed by atoms with Gasteiger partial charge in [-0.1, -0.05) is 41.0 Å². The Labute approximate surface area is 126 Å². The highest BCUT2D eigenvalue weighted by Gasteiger charge is 2.70. The Morgan fingerprint density at radius 2 is 1.65 bits per heavy atom. The molecule has 0 amide bonds. The molecule has 4 rings (SSSR count). The van der Waals surface area contributed by atoms with Gasteiger partial charge in [0, 0.05) is 0 Å². The van der Waals surface area contributed by atoms with Crippen LogP contribution in [0.1, 0.15) is 79.6 Å². The first-order valence-electron chi connectivity index (χ1n) is 9.31. The van der Waals surface area contributed by atoms with Crippen molar-refractivity contribution in [3.8, 4) is 0 Å². The molecule has 0 aliphatic heterocycles. The first-order chi connectivity index (χ1) is 9.31. The minimum atomic E-state index is 0.583. The molecule has 4 aliphatic carbocycles. The van der Waals surface area contributed by atoms with Crippen molar-refractivity contribution in [1.82, 2.24) is 0 Å². The van der Waals surface area contributed by atoms with Gasteiger partial charge in [0.1, 0.15) is 0 Å². The molecule has 20 heavy (non-hydrogen) atoms. The molecule has 2 bridgehead atoms. The van der Waals surface area contributed by atoms with Crippen molar-refractivity contribution in [2.75, 3.05) is 0 Å². The van der Waals surface area contributed by atoms with Crippen molar-refractivity contribution >= 4 is 0 Å². The number of rotatable bonds is 0. The van der Waals surface area contributed by atoms with Gasteiger partial charge in [0.05, 0.1) is 0 Å². The molecule has 0 radical (unpaired) electrons. The fourth-order valence-corrected chi connectivity index (χ4v) is 8.65. The van der Waals surface area contributed by atoms with Crippen LogP contribution in [-0.4, -0.2) is 0 Å². The van der Waals surface area contributed by atoms with Crippen molar-refractivity contribution < 1.29 is 0 Å². The topological polar surface area (TPSA) is 0 Å². The third-order valence-corrected chi connectivity index (χ3v) is 8.96. The first-order valence-corrected chi connectivity index (χ1v) is 9.31. The summed E-state index contributed by atoms with van der Waals surface area (Å²) in [5.41, 5.74) is 1.99. The van der Waals surface area contributed by atoms with Crippen LogP contribution in [0.15, 0.2) is 0 Å². The fourth-order valence-electron chi connectivity index (χ4n) is 8.65. The molecule has 7 atom stereocenters. The van der Waals surface area contributed by atoms with Gasteiger partial charge in [-0.2, -0.15) is 0 Å². The predicted molar refractivity (Wildman–Crippen MR) is 85.4 cm³/mol. The van der Waals surface area contributed by atoms with E-state index in [1.54, 1.807) is 25.7 Å². The van der Waals surface area contributed by atoms with Crippen LogP contribution in [-0.2, 0) is 0 Å². The van der Waals surface area contributed by atoms with E-state index >= 15 is 0 Å². The highest BCUT2D eigenvalue weighted by Crippen LogP contribution is 2.77. The average molecular weight is 274 g/mol. The van der Waals surface area contributed by atoms with Crippen LogP contribution in [0.5, 0.6) is 0 Å². The van der Waals surface area contributed by atoms with Gasteiger partial charge in [0.2, 0.25) is 0 Å². The van der Waals surface area contributed by atoms with Crippen LogP contribution in [0.3, 0.4) is 0 Å². The molecule has 0 heterocycles. The summed E-state index contributed by atoms with van der Waals surface area (Å²) in [7, 11) is 0. The molecular formula is C20H34. The van der Waals surface area contributed by atoms with Gasteiger partial charge in [0.15, 0.2) is 0 Å². The first kappa shape index (κ1) is 13.6. The molecule has 1 spiro atoms. The Bertz CT molecular complexity index is 418. The van der Waals surface area contributed by atoms with Crippen molar-refractivity contribution in [2.45, 2.75) is 79.6 Å². The van der Waals surface area contributed by atoms with Crippen LogP contribution in [0.25, 0.3) is 0 Å². The summed E-state index contributed by atoms with van der Waals surface area (Å²) >= 11 is 0. The standard InChI is InChI=1S/C20H34/c1-13-11-20-12-15(13)7-8-16(20)19(5)10-6-9-18(3,4)17(19)14(20)2/h13-17H,6-12H2,1-5H3/t13-,14-,15+,16-,17+,19-,20+/m0/s1. The number of hydrogen-bond donors (Lipinski definition) is 0. The van der Waals surface area contributed by atoms with Crippen molar-refractivity contribution in [3.63, 3.8) is 0 Å². The molecule has 0 aromatic carbocycles. The molecule has 4 fully saturated rings. The van der Waals surface area contributed by atoms with E-state index in [1.807, 2.05) is 0 Å². The molecule has 114 valence electrons. The summed E-state index contributed by atoms with van der Waals surface area (Å²) in [6.07, 6.45) is 10.7. The lowest BCUT2D eigenvalue weighted by atomic mass is 9.54. The van der Waals surface area contributed by atoms with Crippen LogP contribution in [0.2, 0.25) is 0 Å². The third-order valence-electron chi connectivity index (χ3n) is 8.96. The maximum atomic E-state index is 2.71. The quantitative estimate of drug-likeness (QED) is 0.515. The van der Waals surface area contributed by atoms with E-state index in [9.17, 15) is 0 Å². The normalized spacial score (nSPS) is 60.1. The zero-order valence-electron chi connectivity index (χ0n) is 14.3. The zero-order chi connectivity index (χ0) is 14.3. The fraction of sp³-hybridized carbons (Fsp3) is 1.00. The van der Waals surface area contributed by atoms with Gasteiger partial charge in [-0.3, -0.25) is 0 Å². The maximum absolute atomic E-state index is 2.71. The summed E-state index contributed by atoms with van der Waals surface area (Å²) < 4.78 is 0. The lowest BCUT2D eigenvalue weighted by molar-refractivity contribution is -0.0193. The second-order valence-electron chi connectivity index (χ2n) is 10.1. The van der Waals surface area contributed by atoms with E-state index in [4.69, 9.17) is 0 Å². The Morgan fingerprint density at radius 1 is 0.900 bits per heavy atom. The summed E-state index contributed by atoms with van der Waals surface area (Å²) in [5.74, 6) is 5.09. The van der Waals surface area contributed by atoms with Crippen molar-refractivity contribution in [2.24, 2.45) is 45.8 Å². The number of fused-ring (bicyclic) bond motifs is 3. The molecule has 0 nitrogen and oxygen atoms in total. The Kier molecular flexibility index (Phi) is 2.63. The molecule has 0 heteroatoms.